The number of aldehydes is 1. The second-order valence-electron chi connectivity index (χ2n) is 9.01. The minimum atomic E-state index is -0.966. The first-order valence-corrected chi connectivity index (χ1v) is 12.2. The molecule has 4 aromatic carbocycles. The highest BCUT2D eigenvalue weighted by atomic mass is 35.5. The number of benzene rings is 4. The van der Waals surface area contributed by atoms with Crippen molar-refractivity contribution in [2.45, 2.75) is 11.5 Å². The van der Waals surface area contributed by atoms with Crippen LogP contribution >= 0.6 is 11.6 Å². The van der Waals surface area contributed by atoms with Crippen molar-refractivity contribution in [2.24, 2.45) is 0 Å². The van der Waals surface area contributed by atoms with Gasteiger partial charge in [-0.25, -0.2) is 0 Å². The quantitative estimate of drug-likeness (QED) is 0.285. The van der Waals surface area contributed by atoms with Gasteiger partial charge in [0.15, 0.2) is 0 Å². The molecule has 174 valence electrons. The van der Waals surface area contributed by atoms with Crippen LogP contribution < -0.4 is 4.90 Å². The van der Waals surface area contributed by atoms with Crippen LogP contribution in [0.2, 0.25) is 5.02 Å². The molecule has 0 bridgehead atoms. The summed E-state index contributed by atoms with van der Waals surface area (Å²) in [5.41, 5.74) is 4.47. The van der Waals surface area contributed by atoms with E-state index in [9.17, 15) is 9.59 Å². The zero-order valence-electron chi connectivity index (χ0n) is 19.3. The number of halogens is 1. The first-order valence-electron chi connectivity index (χ1n) is 11.8. The van der Waals surface area contributed by atoms with Crippen LogP contribution in [0.15, 0.2) is 132 Å². The van der Waals surface area contributed by atoms with Crippen LogP contribution in [0.3, 0.4) is 0 Å². The molecule has 2 aliphatic rings. The van der Waals surface area contributed by atoms with Crippen LogP contribution in [-0.2, 0) is 15.1 Å². The highest BCUT2D eigenvalue weighted by Gasteiger charge is 2.61. The fourth-order valence-electron chi connectivity index (χ4n) is 5.80. The summed E-state index contributed by atoms with van der Waals surface area (Å²) in [4.78, 5) is 28.9. The van der Waals surface area contributed by atoms with E-state index in [1.54, 1.807) is 6.07 Å². The molecule has 1 aliphatic carbocycles. The van der Waals surface area contributed by atoms with Crippen LogP contribution in [0.4, 0.5) is 5.69 Å². The van der Waals surface area contributed by atoms with Gasteiger partial charge in [0, 0.05) is 22.2 Å². The van der Waals surface area contributed by atoms with Crippen LogP contribution in [0.1, 0.15) is 22.6 Å². The van der Waals surface area contributed by atoms with Gasteiger partial charge in [-0.1, -0.05) is 109 Å². The van der Waals surface area contributed by atoms with Gasteiger partial charge in [-0.05, 0) is 46.5 Å². The van der Waals surface area contributed by atoms with Gasteiger partial charge in [0.1, 0.15) is 11.8 Å². The lowest BCUT2D eigenvalue weighted by atomic mass is 9.71. The Hall–Kier alpha value is -4.21. The largest absolute Gasteiger partial charge is 0.298 e. The summed E-state index contributed by atoms with van der Waals surface area (Å²) in [6, 6.07) is 37.0. The normalized spacial score (nSPS) is 20.9. The zero-order chi connectivity index (χ0) is 24.7. The molecule has 4 heteroatoms. The molecule has 0 unspecified atom stereocenters. The number of fused-ring (bicyclic) bond motifs is 1. The smallest absolute Gasteiger partial charge is 0.260 e. The van der Waals surface area contributed by atoms with E-state index in [1.807, 2.05) is 120 Å². The van der Waals surface area contributed by atoms with E-state index in [-0.39, 0.29) is 5.91 Å². The predicted octanol–water partition coefficient (Wildman–Crippen LogP) is 6.96. The zero-order valence-corrected chi connectivity index (χ0v) is 20.1. The summed E-state index contributed by atoms with van der Waals surface area (Å²) in [5.74, 6) is -0.526. The van der Waals surface area contributed by atoms with Crippen LogP contribution in [0, 0.1) is 0 Å². The van der Waals surface area contributed by atoms with Crippen molar-refractivity contribution in [3.8, 4) is 0 Å². The van der Waals surface area contributed by atoms with Crippen LogP contribution in [0.25, 0.3) is 5.57 Å². The Balaban J connectivity index is 1.76. The summed E-state index contributed by atoms with van der Waals surface area (Å²) in [5, 5.41) is 0.538. The van der Waals surface area contributed by atoms with Gasteiger partial charge in [0.25, 0.3) is 5.91 Å². The number of hydrogen-bond acceptors (Lipinski definition) is 2. The summed E-state index contributed by atoms with van der Waals surface area (Å²) < 4.78 is 0. The Bertz CT molecular complexity index is 1530. The summed E-state index contributed by atoms with van der Waals surface area (Å²) in [6.07, 6.45) is 2.85. The molecular formula is C32H22ClNO2. The number of rotatable bonds is 5. The maximum atomic E-state index is 14.5. The van der Waals surface area contributed by atoms with Gasteiger partial charge in [0.2, 0.25) is 0 Å². The lowest BCUT2D eigenvalue weighted by molar-refractivity contribution is -0.114. The van der Waals surface area contributed by atoms with Crippen molar-refractivity contribution in [1.29, 1.82) is 0 Å². The number of carbonyl (C=O) groups is 2. The average Bonchev–Trinajstić information content (AvgIpc) is 3.38. The molecule has 1 aliphatic heterocycles. The van der Waals surface area contributed by atoms with Gasteiger partial charge in [0.05, 0.1) is 5.57 Å². The van der Waals surface area contributed by atoms with Crippen LogP contribution in [-0.4, -0.2) is 12.2 Å². The SMILES string of the molecule is O=CC1=CC2=C(c3ccccc3)C(=O)N(c3cccc(Cl)c3)[C@]2(c2ccccc2)[C@@H]1c1ccccc1. The monoisotopic (exact) mass is 487 g/mol. The summed E-state index contributed by atoms with van der Waals surface area (Å²) in [7, 11) is 0. The number of amides is 1. The van der Waals surface area contributed by atoms with Crippen molar-refractivity contribution in [2.75, 3.05) is 4.90 Å². The minimum Gasteiger partial charge on any atom is -0.298 e. The fourth-order valence-corrected chi connectivity index (χ4v) is 5.99. The number of carbonyl (C=O) groups excluding carboxylic acids is 2. The molecule has 0 aromatic heterocycles. The van der Waals surface area contributed by atoms with E-state index >= 15 is 0 Å². The standard InChI is InChI=1S/C32H22ClNO2/c33-26-17-10-18-27(20-26)34-31(36)29(22-11-4-1-5-12-22)28-19-24(21-35)30(23-13-6-2-7-14-23)32(28,34)25-15-8-3-9-16-25/h1-21,30H/t30-,32+/m1/s1. The van der Waals surface area contributed by atoms with E-state index in [2.05, 4.69) is 0 Å². The van der Waals surface area contributed by atoms with Gasteiger partial charge < -0.3 is 0 Å². The van der Waals surface area contributed by atoms with Gasteiger partial charge in [-0.2, -0.15) is 0 Å². The van der Waals surface area contributed by atoms with E-state index in [0.717, 1.165) is 28.5 Å². The Morgan fingerprint density at radius 3 is 2.06 bits per heavy atom. The second kappa shape index (κ2) is 8.78. The molecule has 0 saturated heterocycles. The molecule has 36 heavy (non-hydrogen) atoms. The molecule has 2 atom stereocenters. The van der Waals surface area contributed by atoms with Crippen molar-refractivity contribution in [3.05, 3.63) is 154 Å². The Kier molecular flexibility index (Phi) is 5.43. The van der Waals surface area contributed by atoms with Crippen molar-refractivity contribution >= 4 is 35.1 Å². The Labute approximate surface area is 215 Å². The lowest BCUT2D eigenvalue weighted by Crippen LogP contribution is -2.49. The fraction of sp³-hybridized carbons (Fsp3) is 0.0625. The molecule has 1 heterocycles. The third kappa shape index (κ3) is 3.20. The topological polar surface area (TPSA) is 37.4 Å². The molecule has 4 aromatic rings. The molecule has 1 amide bonds. The van der Waals surface area contributed by atoms with Crippen molar-refractivity contribution in [3.63, 3.8) is 0 Å². The molecule has 3 nitrogen and oxygen atoms in total. The first kappa shape index (κ1) is 22.3. The molecule has 6 rings (SSSR count). The molecule has 0 N–H and O–H groups in total. The number of anilines is 1. The molecule has 0 spiro atoms. The second-order valence-corrected chi connectivity index (χ2v) is 9.45. The van der Waals surface area contributed by atoms with E-state index in [0.29, 0.717) is 21.9 Å². The van der Waals surface area contributed by atoms with Crippen molar-refractivity contribution < 1.29 is 9.59 Å². The van der Waals surface area contributed by atoms with E-state index in [4.69, 9.17) is 11.6 Å². The minimum absolute atomic E-state index is 0.121. The van der Waals surface area contributed by atoms with Gasteiger partial charge in [-0.15, -0.1) is 0 Å². The Morgan fingerprint density at radius 1 is 0.778 bits per heavy atom. The number of hydrogen-bond donors (Lipinski definition) is 0. The highest BCUT2D eigenvalue weighted by Crippen LogP contribution is 2.62. The molecule has 0 saturated carbocycles. The molecular weight excluding hydrogens is 466 g/mol. The highest BCUT2D eigenvalue weighted by molar-refractivity contribution is 6.33. The van der Waals surface area contributed by atoms with E-state index < -0.39 is 11.5 Å². The third-order valence-electron chi connectivity index (χ3n) is 7.12. The van der Waals surface area contributed by atoms with Crippen LogP contribution in [0.5, 0.6) is 0 Å². The van der Waals surface area contributed by atoms with Crippen molar-refractivity contribution in [1.82, 2.24) is 0 Å². The number of nitrogens with zero attached hydrogens (tertiary/aromatic N) is 1. The first-order chi connectivity index (χ1) is 17.7. The molecule has 0 radical (unpaired) electrons. The maximum absolute atomic E-state index is 14.5. The average molecular weight is 488 g/mol. The third-order valence-corrected chi connectivity index (χ3v) is 7.36. The van der Waals surface area contributed by atoms with Gasteiger partial charge in [-0.3, -0.25) is 14.5 Å². The lowest BCUT2D eigenvalue weighted by Gasteiger charge is -2.44. The van der Waals surface area contributed by atoms with Gasteiger partial charge >= 0.3 is 0 Å². The summed E-state index contributed by atoms with van der Waals surface area (Å²) in [6.45, 7) is 0. The Morgan fingerprint density at radius 2 is 1.42 bits per heavy atom. The van der Waals surface area contributed by atoms with E-state index in [1.165, 1.54) is 0 Å². The maximum Gasteiger partial charge on any atom is 0.260 e. The molecule has 0 fully saturated rings. The predicted molar refractivity (Wildman–Crippen MR) is 144 cm³/mol. The summed E-state index contributed by atoms with van der Waals surface area (Å²) >= 11 is 6.45.